The molecule has 1 aliphatic heterocycles. The minimum atomic E-state index is -0.481. The molecule has 5 rings (SSSR count). The fourth-order valence-electron chi connectivity index (χ4n) is 4.52. The van der Waals surface area contributed by atoms with Crippen LogP contribution in [0.3, 0.4) is 0 Å². The summed E-state index contributed by atoms with van der Waals surface area (Å²) in [6.07, 6.45) is 5.91. The van der Waals surface area contributed by atoms with Crippen LogP contribution in [0.1, 0.15) is 62.0 Å². The summed E-state index contributed by atoms with van der Waals surface area (Å²) < 4.78 is 14.8. The van der Waals surface area contributed by atoms with Crippen LogP contribution >= 0.6 is 0 Å². The highest BCUT2D eigenvalue weighted by Gasteiger charge is 2.39. The summed E-state index contributed by atoms with van der Waals surface area (Å²) in [6.45, 7) is 0. The van der Waals surface area contributed by atoms with Crippen LogP contribution in [0.2, 0.25) is 0 Å². The van der Waals surface area contributed by atoms with E-state index < -0.39 is 6.29 Å². The topological polar surface area (TPSA) is 88.1 Å². The summed E-state index contributed by atoms with van der Waals surface area (Å²) >= 11 is 0. The quantitative estimate of drug-likeness (QED) is 0.706. The van der Waals surface area contributed by atoms with Crippen LogP contribution in [0.5, 0.6) is 0 Å². The van der Waals surface area contributed by atoms with Crippen LogP contribution in [-0.4, -0.2) is 27.6 Å². The molecule has 2 amide bonds. The molecule has 7 nitrogen and oxygen atoms in total. The van der Waals surface area contributed by atoms with Gasteiger partial charge in [-0.3, -0.25) is 14.9 Å². The van der Waals surface area contributed by atoms with E-state index >= 15 is 0 Å². The third kappa shape index (κ3) is 3.96. The lowest BCUT2D eigenvalue weighted by Gasteiger charge is -2.40. The van der Waals surface area contributed by atoms with Crippen molar-refractivity contribution >= 4 is 17.6 Å². The fraction of sp³-hybridized carbons (Fsp3) is 0.500. The van der Waals surface area contributed by atoms with Gasteiger partial charge in [0.05, 0.1) is 18.0 Å². The first-order valence-corrected chi connectivity index (χ1v) is 10.8. The van der Waals surface area contributed by atoms with Gasteiger partial charge in [0.1, 0.15) is 11.6 Å². The Morgan fingerprint density at radius 3 is 2.70 bits per heavy atom. The molecule has 8 heteroatoms. The number of amides is 2. The van der Waals surface area contributed by atoms with Gasteiger partial charge in [0, 0.05) is 18.0 Å². The summed E-state index contributed by atoms with van der Waals surface area (Å²) in [5.41, 5.74) is 1.67. The second-order valence-corrected chi connectivity index (χ2v) is 8.60. The summed E-state index contributed by atoms with van der Waals surface area (Å²) in [6, 6.07) is 7.94. The number of nitrogens with one attached hydrogen (secondary N) is 3. The molecular formula is C22H26FN5O2. The third-order valence-corrected chi connectivity index (χ3v) is 6.29. The van der Waals surface area contributed by atoms with Crippen molar-refractivity contribution in [2.24, 2.45) is 5.92 Å². The van der Waals surface area contributed by atoms with Crippen molar-refractivity contribution in [2.75, 3.05) is 5.32 Å². The van der Waals surface area contributed by atoms with Gasteiger partial charge >= 0.3 is 0 Å². The number of aromatic nitrogens is 2. The molecule has 3 unspecified atom stereocenters. The number of nitrogens with zero attached hydrogens (tertiary/aromatic N) is 2. The summed E-state index contributed by atoms with van der Waals surface area (Å²) in [5, 5.41) is 14.2. The summed E-state index contributed by atoms with van der Waals surface area (Å²) in [4.78, 5) is 25.3. The molecule has 2 heterocycles. The van der Waals surface area contributed by atoms with E-state index in [9.17, 15) is 14.0 Å². The third-order valence-electron chi connectivity index (χ3n) is 6.29. The molecule has 1 aromatic heterocycles. The number of benzene rings is 1. The van der Waals surface area contributed by atoms with E-state index in [1.54, 1.807) is 16.8 Å². The Hall–Kier alpha value is -2.74. The van der Waals surface area contributed by atoms with Crippen molar-refractivity contribution in [1.82, 2.24) is 20.4 Å². The first-order chi connectivity index (χ1) is 14.6. The highest BCUT2D eigenvalue weighted by atomic mass is 19.1. The summed E-state index contributed by atoms with van der Waals surface area (Å²) in [7, 11) is 0. The van der Waals surface area contributed by atoms with E-state index in [2.05, 4.69) is 16.0 Å². The molecule has 0 bridgehead atoms. The minimum absolute atomic E-state index is 0.00461. The number of rotatable bonds is 5. The molecule has 30 heavy (non-hydrogen) atoms. The fourth-order valence-corrected chi connectivity index (χ4v) is 4.52. The van der Waals surface area contributed by atoms with Crippen LogP contribution in [0, 0.1) is 11.7 Å². The van der Waals surface area contributed by atoms with E-state index in [4.69, 9.17) is 5.10 Å². The molecule has 3 fully saturated rings. The van der Waals surface area contributed by atoms with Crippen molar-refractivity contribution in [3.63, 3.8) is 0 Å². The van der Waals surface area contributed by atoms with Crippen molar-refractivity contribution in [3.05, 3.63) is 47.4 Å². The van der Waals surface area contributed by atoms with Gasteiger partial charge in [0.2, 0.25) is 11.8 Å². The Balaban J connectivity index is 1.35. The number of anilines is 1. The van der Waals surface area contributed by atoms with E-state index in [1.807, 2.05) is 6.07 Å². The molecule has 2 saturated carbocycles. The number of hydrogen-bond acceptors (Lipinski definition) is 4. The Kier molecular flexibility index (Phi) is 5.02. The largest absolute Gasteiger partial charge is 0.322 e. The second-order valence-electron chi connectivity index (χ2n) is 8.60. The summed E-state index contributed by atoms with van der Waals surface area (Å²) in [5.74, 6) is 0.506. The number of halogens is 1. The van der Waals surface area contributed by atoms with Crippen LogP contribution in [0.15, 0.2) is 30.3 Å². The average Bonchev–Trinajstić information content (AvgIpc) is 3.50. The van der Waals surface area contributed by atoms with E-state index in [1.165, 1.54) is 12.1 Å². The van der Waals surface area contributed by atoms with E-state index in [0.717, 1.165) is 49.8 Å². The standard InChI is InChI=1S/C22H26FN5O2/c23-15-9-5-13(6-10-15)11-20(29)25-19-12-18(14-7-8-14)27-28(19)22-24-17-4-2-1-3-16(17)21(30)26-22/h5-6,9-10,12,14,16-17,22,24H,1-4,7-8,11H2,(H,25,29)(H,26,30). The molecule has 2 aromatic rings. The van der Waals surface area contributed by atoms with Crippen LogP contribution in [0.25, 0.3) is 0 Å². The van der Waals surface area contributed by atoms with Crippen LogP contribution in [0.4, 0.5) is 10.2 Å². The lowest BCUT2D eigenvalue weighted by molar-refractivity contribution is -0.132. The SMILES string of the molecule is O=C(Cc1ccc(F)cc1)Nc1cc(C2CC2)nn1C1NC(=O)C2CCCCC2N1. The van der Waals surface area contributed by atoms with Gasteiger partial charge in [-0.1, -0.05) is 25.0 Å². The maximum Gasteiger partial charge on any atom is 0.229 e. The highest BCUT2D eigenvalue weighted by molar-refractivity contribution is 5.91. The molecule has 0 spiro atoms. The van der Waals surface area contributed by atoms with E-state index in [0.29, 0.717) is 11.7 Å². The van der Waals surface area contributed by atoms with Gasteiger partial charge in [-0.25, -0.2) is 9.07 Å². The molecule has 2 aliphatic carbocycles. The monoisotopic (exact) mass is 411 g/mol. The molecule has 3 N–H and O–H groups in total. The molecule has 3 aliphatic rings. The molecular weight excluding hydrogens is 385 g/mol. The molecule has 158 valence electrons. The zero-order chi connectivity index (χ0) is 20.7. The minimum Gasteiger partial charge on any atom is -0.322 e. The Bertz CT molecular complexity index is 953. The number of hydrogen-bond donors (Lipinski definition) is 3. The first-order valence-electron chi connectivity index (χ1n) is 10.8. The zero-order valence-electron chi connectivity index (χ0n) is 16.7. The maximum absolute atomic E-state index is 13.1. The maximum atomic E-state index is 13.1. The highest BCUT2D eigenvalue weighted by Crippen LogP contribution is 2.40. The van der Waals surface area contributed by atoms with Gasteiger partial charge < -0.3 is 10.6 Å². The molecule has 3 atom stereocenters. The van der Waals surface area contributed by atoms with Gasteiger partial charge in [-0.2, -0.15) is 5.10 Å². The molecule has 1 saturated heterocycles. The zero-order valence-corrected chi connectivity index (χ0v) is 16.7. The predicted octanol–water partition coefficient (Wildman–Crippen LogP) is 2.82. The van der Waals surface area contributed by atoms with Gasteiger partial charge in [-0.15, -0.1) is 0 Å². The second kappa shape index (κ2) is 7.83. The van der Waals surface area contributed by atoms with Crippen molar-refractivity contribution < 1.29 is 14.0 Å². The van der Waals surface area contributed by atoms with Gasteiger partial charge in [-0.05, 0) is 43.4 Å². The number of fused-ring (bicyclic) bond motifs is 1. The van der Waals surface area contributed by atoms with Crippen molar-refractivity contribution in [1.29, 1.82) is 0 Å². The molecule has 0 radical (unpaired) electrons. The van der Waals surface area contributed by atoms with Crippen molar-refractivity contribution in [3.8, 4) is 0 Å². The van der Waals surface area contributed by atoms with Crippen molar-refractivity contribution in [2.45, 2.75) is 63.2 Å². The number of carbonyl (C=O) groups excluding carboxylic acids is 2. The van der Waals surface area contributed by atoms with E-state index in [-0.39, 0.29) is 36.0 Å². The van der Waals surface area contributed by atoms with Gasteiger partial charge in [0.25, 0.3) is 0 Å². The normalized spacial score (nSPS) is 26.0. The van der Waals surface area contributed by atoms with Crippen LogP contribution < -0.4 is 16.0 Å². The Labute approximate surface area is 174 Å². The van der Waals surface area contributed by atoms with Crippen LogP contribution in [-0.2, 0) is 16.0 Å². The number of carbonyl (C=O) groups is 2. The Morgan fingerprint density at radius 1 is 1.17 bits per heavy atom. The lowest BCUT2D eigenvalue weighted by Crippen LogP contribution is -2.59. The lowest BCUT2D eigenvalue weighted by atomic mass is 9.83. The molecule has 1 aromatic carbocycles. The smallest absolute Gasteiger partial charge is 0.229 e. The average molecular weight is 411 g/mol. The first kappa shape index (κ1) is 19.2. The van der Waals surface area contributed by atoms with Gasteiger partial charge in [0.15, 0.2) is 6.29 Å². The Morgan fingerprint density at radius 2 is 1.93 bits per heavy atom. The predicted molar refractivity (Wildman–Crippen MR) is 109 cm³/mol.